The Labute approximate surface area is 107 Å². The van der Waals surface area contributed by atoms with Crippen molar-refractivity contribution >= 4 is 5.69 Å². The van der Waals surface area contributed by atoms with Gasteiger partial charge in [0, 0.05) is 25.8 Å². The molecule has 0 unspecified atom stereocenters. The Kier molecular flexibility index (Phi) is 3.85. The Bertz CT molecular complexity index is 508. The fourth-order valence-corrected chi connectivity index (χ4v) is 1.91. The summed E-state index contributed by atoms with van der Waals surface area (Å²) in [6.45, 7) is 1.33. The maximum absolute atomic E-state index is 9.43. The van der Waals surface area contributed by atoms with Crippen LogP contribution in [0.15, 0.2) is 48.5 Å². The molecule has 0 aliphatic rings. The van der Waals surface area contributed by atoms with E-state index in [0.717, 1.165) is 23.4 Å². The van der Waals surface area contributed by atoms with Gasteiger partial charge < -0.3 is 15.7 Å². The van der Waals surface area contributed by atoms with Crippen LogP contribution in [-0.2, 0) is 13.1 Å². The lowest BCUT2D eigenvalue weighted by Gasteiger charge is -2.19. The topological polar surface area (TPSA) is 49.5 Å². The highest BCUT2D eigenvalue weighted by atomic mass is 16.3. The number of rotatable bonds is 4. The predicted molar refractivity (Wildman–Crippen MR) is 74.5 cm³/mol. The van der Waals surface area contributed by atoms with Crippen LogP contribution in [0.2, 0.25) is 0 Å². The van der Waals surface area contributed by atoms with Gasteiger partial charge in [-0.3, -0.25) is 0 Å². The first-order chi connectivity index (χ1) is 8.69. The van der Waals surface area contributed by atoms with E-state index in [0.29, 0.717) is 12.3 Å². The highest BCUT2D eigenvalue weighted by Gasteiger charge is 2.02. The van der Waals surface area contributed by atoms with Crippen LogP contribution in [0.1, 0.15) is 11.1 Å². The van der Waals surface area contributed by atoms with Gasteiger partial charge >= 0.3 is 0 Å². The lowest BCUT2D eigenvalue weighted by molar-refractivity contribution is 0.474. The van der Waals surface area contributed by atoms with Crippen LogP contribution in [0.4, 0.5) is 5.69 Å². The largest absolute Gasteiger partial charge is 0.508 e. The number of nitrogens with two attached hydrogens (primary N) is 1. The third-order valence-electron chi connectivity index (χ3n) is 2.94. The summed E-state index contributed by atoms with van der Waals surface area (Å²) in [5, 5.41) is 9.43. The summed E-state index contributed by atoms with van der Waals surface area (Å²) in [4.78, 5) is 2.13. The number of hydrogen-bond acceptors (Lipinski definition) is 3. The van der Waals surface area contributed by atoms with Gasteiger partial charge in [0.05, 0.1) is 0 Å². The second kappa shape index (κ2) is 5.56. The molecule has 3 nitrogen and oxygen atoms in total. The third kappa shape index (κ3) is 3.02. The van der Waals surface area contributed by atoms with E-state index in [1.807, 2.05) is 31.3 Å². The van der Waals surface area contributed by atoms with Gasteiger partial charge in [0.25, 0.3) is 0 Å². The summed E-state index contributed by atoms with van der Waals surface area (Å²) in [5.74, 6) is 0.305. The fourth-order valence-electron chi connectivity index (χ4n) is 1.91. The summed E-state index contributed by atoms with van der Waals surface area (Å²) < 4.78 is 0. The van der Waals surface area contributed by atoms with Crippen molar-refractivity contribution < 1.29 is 5.11 Å². The average Bonchev–Trinajstić information content (AvgIpc) is 2.39. The van der Waals surface area contributed by atoms with Gasteiger partial charge in [0.1, 0.15) is 5.75 Å². The Hall–Kier alpha value is -2.00. The molecule has 0 saturated heterocycles. The monoisotopic (exact) mass is 242 g/mol. The predicted octanol–water partition coefficient (Wildman–Crippen LogP) is 2.49. The van der Waals surface area contributed by atoms with Crippen LogP contribution in [0, 0.1) is 0 Å². The van der Waals surface area contributed by atoms with Crippen LogP contribution >= 0.6 is 0 Å². The molecule has 0 fully saturated rings. The van der Waals surface area contributed by atoms with Gasteiger partial charge in [-0.05, 0) is 35.4 Å². The van der Waals surface area contributed by atoms with Crippen LogP contribution in [0.5, 0.6) is 5.75 Å². The number of phenolic OH excluding ortho intramolecular Hbond substituents is 1. The summed E-state index contributed by atoms with van der Waals surface area (Å²) in [5.41, 5.74) is 8.92. The van der Waals surface area contributed by atoms with E-state index in [-0.39, 0.29) is 0 Å². The summed E-state index contributed by atoms with van der Waals surface area (Å²) in [6, 6.07) is 15.5. The smallest absolute Gasteiger partial charge is 0.115 e. The Morgan fingerprint density at radius 1 is 1.06 bits per heavy atom. The van der Waals surface area contributed by atoms with Crippen LogP contribution in [0.25, 0.3) is 0 Å². The van der Waals surface area contributed by atoms with E-state index < -0.39 is 0 Å². The zero-order valence-corrected chi connectivity index (χ0v) is 10.5. The third-order valence-corrected chi connectivity index (χ3v) is 2.94. The molecule has 0 bridgehead atoms. The van der Waals surface area contributed by atoms with E-state index in [9.17, 15) is 5.11 Å². The molecule has 0 heterocycles. The first-order valence-corrected chi connectivity index (χ1v) is 5.97. The van der Waals surface area contributed by atoms with E-state index in [2.05, 4.69) is 17.0 Å². The van der Waals surface area contributed by atoms with Gasteiger partial charge in [-0.1, -0.05) is 24.3 Å². The molecule has 0 spiro atoms. The van der Waals surface area contributed by atoms with Crippen molar-refractivity contribution in [1.29, 1.82) is 0 Å². The number of benzene rings is 2. The minimum Gasteiger partial charge on any atom is -0.508 e. The second-order valence-electron chi connectivity index (χ2n) is 4.40. The first-order valence-electron chi connectivity index (χ1n) is 5.97. The van der Waals surface area contributed by atoms with E-state index >= 15 is 0 Å². The van der Waals surface area contributed by atoms with Gasteiger partial charge in [0.15, 0.2) is 0 Å². The highest BCUT2D eigenvalue weighted by Crippen LogP contribution is 2.18. The molecule has 94 valence electrons. The summed E-state index contributed by atoms with van der Waals surface area (Å²) in [6.07, 6.45) is 0. The van der Waals surface area contributed by atoms with Crippen LogP contribution in [-0.4, -0.2) is 12.2 Å². The Morgan fingerprint density at radius 3 is 2.39 bits per heavy atom. The highest BCUT2D eigenvalue weighted by molar-refractivity contribution is 5.47. The molecule has 2 rings (SSSR count). The van der Waals surface area contributed by atoms with Crippen molar-refractivity contribution in [2.45, 2.75) is 13.1 Å². The van der Waals surface area contributed by atoms with E-state index in [1.54, 1.807) is 12.1 Å². The van der Waals surface area contributed by atoms with Gasteiger partial charge in [-0.15, -0.1) is 0 Å². The van der Waals surface area contributed by atoms with Crippen molar-refractivity contribution in [1.82, 2.24) is 0 Å². The standard InChI is InChI=1S/C15H18N2O/c1-17(11-13-3-2-4-15(18)9-13)14-7-5-12(10-16)6-8-14/h2-9,18H,10-11,16H2,1H3. The number of anilines is 1. The van der Waals surface area contributed by atoms with Gasteiger partial charge in [0.2, 0.25) is 0 Å². The molecule has 0 radical (unpaired) electrons. The van der Waals surface area contributed by atoms with Crippen molar-refractivity contribution in [3.8, 4) is 5.75 Å². The van der Waals surface area contributed by atoms with Crippen LogP contribution < -0.4 is 10.6 Å². The Morgan fingerprint density at radius 2 is 1.78 bits per heavy atom. The average molecular weight is 242 g/mol. The van der Waals surface area contributed by atoms with E-state index in [4.69, 9.17) is 5.73 Å². The molecule has 0 aliphatic heterocycles. The Balaban J connectivity index is 2.09. The number of aromatic hydroxyl groups is 1. The van der Waals surface area contributed by atoms with E-state index in [1.165, 1.54) is 0 Å². The zero-order chi connectivity index (χ0) is 13.0. The maximum Gasteiger partial charge on any atom is 0.115 e. The van der Waals surface area contributed by atoms with Crippen molar-refractivity contribution in [3.05, 3.63) is 59.7 Å². The number of hydrogen-bond donors (Lipinski definition) is 2. The van der Waals surface area contributed by atoms with Crippen molar-refractivity contribution in [2.75, 3.05) is 11.9 Å². The molecular weight excluding hydrogens is 224 g/mol. The summed E-state index contributed by atoms with van der Waals surface area (Å²) in [7, 11) is 2.03. The molecule has 2 aromatic rings. The van der Waals surface area contributed by atoms with Gasteiger partial charge in [-0.25, -0.2) is 0 Å². The maximum atomic E-state index is 9.43. The minimum atomic E-state index is 0.305. The molecule has 18 heavy (non-hydrogen) atoms. The molecule has 2 aromatic carbocycles. The first kappa shape index (κ1) is 12.5. The summed E-state index contributed by atoms with van der Waals surface area (Å²) >= 11 is 0. The molecule has 0 amide bonds. The lowest BCUT2D eigenvalue weighted by atomic mass is 10.1. The molecule has 0 aliphatic carbocycles. The van der Waals surface area contributed by atoms with Gasteiger partial charge in [-0.2, -0.15) is 0 Å². The molecule has 0 atom stereocenters. The molecular formula is C15H18N2O. The normalized spacial score (nSPS) is 10.3. The molecule has 3 heteroatoms. The minimum absolute atomic E-state index is 0.305. The fraction of sp³-hybridized carbons (Fsp3) is 0.200. The SMILES string of the molecule is CN(Cc1cccc(O)c1)c1ccc(CN)cc1. The molecule has 3 N–H and O–H groups in total. The van der Waals surface area contributed by atoms with Crippen LogP contribution in [0.3, 0.4) is 0 Å². The van der Waals surface area contributed by atoms with Crippen molar-refractivity contribution in [2.24, 2.45) is 5.73 Å². The van der Waals surface area contributed by atoms with Crippen molar-refractivity contribution in [3.63, 3.8) is 0 Å². The number of phenols is 1. The zero-order valence-electron chi connectivity index (χ0n) is 10.5. The molecule has 0 saturated carbocycles. The quantitative estimate of drug-likeness (QED) is 0.866. The second-order valence-corrected chi connectivity index (χ2v) is 4.40. The number of nitrogens with zero attached hydrogens (tertiary/aromatic N) is 1. The lowest BCUT2D eigenvalue weighted by Crippen LogP contribution is -2.16. The molecule has 0 aromatic heterocycles.